The van der Waals surface area contributed by atoms with E-state index >= 15 is 0 Å². The van der Waals surface area contributed by atoms with Crippen molar-refractivity contribution >= 4 is 12.4 Å². The topological polar surface area (TPSA) is 21.3 Å². The molecule has 0 saturated carbocycles. The first-order chi connectivity index (χ1) is 9.16. The van der Waals surface area contributed by atoms with Crippen LogP contribution in [0.5, 0.6) is 5.75 Å². The maximum atomic E-state index is 6.05. The molecule has 2 nitrogen and oxygen atoms in total. The first kappa shape index (κ1) is 17.3. The standard InChI is InChI=1S/C17H27NO.ClH/c1-13(2)16-7-6-14(3)11-17(16)19-10-8-15-5-4-9-18-12-15;/h6-7,11,13,15,18H,4-5,8-10,12H2,1-3H3;1H. The summed E-state index contributed by atoms with van der Waals surface area (Å²) in [6.07, 6.45) is 3.83. The van der Waals surface area contributed by atoms with Crippen molar-refractivity contribution in [2.24, 2.45) is 5.92 Å². The molecule has 1 N–H and O–H groups in total. The van der Waals surface area contributed by atoms with Gasteiger partial charge in [-0.15, -0.1) is 12.4 Å². The molecule has 1 fully saturated rings. The minimum atomic E-state index is 0. The molecule has 1 atom stereocenters. The van der Waals surface area contributed by atoms with Crippen molar-refractivity contribution in [1.29, 1.82) is 0 Å². The van der Waals surface area contributed by atoms with Gasteiger partial charge >= 0.3 is 0 Å². The third kappa shape index (κ3) is 4.99. The number of hydrogen-bond acceptors (Lipinski definition) is 2. The molecule has 1 saturated heterocycles. The first-order valence-electron chi connectivity index (χ1n) is 7.61. The number of halogens is 1. The molecule has 114 valence electrons. The molecule has 1 unspecified atom stereocenters. The second-order valence-electron chi connectivity index (χ2n) is 6.05. The van der Waals surface area contributed by atoms with Crippen LogP contribution in [0.15, 0.2) is 18.2 Å². The maximum Gasteiger partial charge on any atom is 0.122 e. The van der Waals surface area contributed by atoms with Gasteiger partial charge in [-0.2, -0.15) is 0 Å². The van der Waals surface area contributed by atoms with Crippen molar-refractivity contribution in [2.45, 2.75) is 46.0 Å². The van der Waals surface area contributed by atoms with Gasteiger partial charge in [0.1, 0.15) is 5.75 Å². The molecular formula is C17H28ClNO. The van der Waals surface area contributed by atoms with Crippen molar-refractivity contribution in [2.75, 3.05) is 19.7 Å². The van der Waals surface area contributed by atoms with Gasteiger partial charge in [-0.1, -0.05) is 26.0 Å². The number of hydrogen-bond donors (Lipinski definition) is 1. The van der Waals surface area contributed by atoms with E-state index in [0.717, 1.165) is 24.8 Å². The fourth-order valence-electron chi connectivity index (χ4n) is 2.75. The Hall–Kier alpha value is -0.730. The molecule has 20 heavy (non-hydrogen) atoms. The van der Waals surface area contributed by atoms with Crippen LogP contribution in [0.3, 0.4) is 0 Å². The van der Waals surface area contributed by atoms with E-state index in [1.165, 1.54) is 36.9 Å². The van der Waals surface area contributed by atoms with Crippen molar-refractivity contribution in [1.82, 2.24) is 5.32 Å². The lowest BCUT2D eigenvalue weighted by atomic mass is 9.96. The normalized spacial score (nSPS) is 18.7. The van der Waals surface area contributed by atoms with E-state index in [0.29, 0.717) is 5.92 Å². The highest BCUT2D eigenvalue weighted by atomic mass is 35.5. The average Bonchev–Trinajstić information content (AvgIpc) is 2.39. The minimum Gasteiger partial charge on any atom is -0.493 e. The summed E-state index contributed by atoms with van der Waals surface area (Å²) < 4.78 is 6.05. The number of ether oxygens (including phenoxy) is 1. The van der Waals surface area contributed by atoms with Gasteiger partial charge in [0.05, 0.1) is 6.61 Å². The van der Waals surface area contributed by atoms with Crippen LogP contribution in [0.1, 0.15) is 50.2 Å². The summed E-state index contributed by atoms with van der Waals surface area (Å²) >= 11 is 0. The lowest BCUT2D eigenvalue weighted by Crippen LogP contribution is -2.30. The zero-order chi connectivity index (χ0) is 13.7. The summed E-state index contributed by atoms with van der Waals surface area (Å²) in [5.41, 5.74) is 2.60. The van der Waals surface area contributed by atoms with Crippen molar-refractivity contribution in [3.05, 3.63) is 29.3 Å². The fraction of sp³-hybridized carbons (Fsp3) is 0.647. The Labute approximate surface area is 129 Å². The van der Waals surface area contributed by atoms with Gasteiger partial charge in [-0.05, 0) is 68.3 Å². The molecular weight excluding hydrogens is 270 g/mol. The SMILES string of the molecule is Cc1ccc(C(C)C)c(OCCC2CCCNC2)c1.Cl. The Bertz CT molecular complexity index is 400. The van der Waals surface area contributed by atoms with Crippen molar-refractivity contribution < 1.29 is 4.74 Å². The predicted octanol–water partition coefficient (Wildman–Crippen LogP) is 4.31. The van der Waals surface area contributed by atoms with E-state index in [1.807, 2.05) is 0 Å². The highest BCUT2D eigenvalue weighted by Gasteiger charge is 2.13. The van der Waals surface area contributed by atoms with Gasteiger partial charge in [0, 0.05) is 0 Å². The number of rotatable bonds is 5. The fourth-order valence-corrected chi connectivity index (χ4v) is 2.75. The number of nitrogens with one attached hydrogen (secondary N) is 1. The minimum absolute atomic E-state index is 0. The van der Waals surface area contributed by atoms with E-state index in [1.54, 1.807) is 0 Å². The second kappa shape index (κ2) is 8.53. The first-order valence-corrected chi connectivity index (χ1v) is 7.61. The summed E-state index contributed by atoms with van der Waals surface area (Å²) in [4.78, 5) is 0. The quantitative estimate of drug-likeness (QED) is 0.874. The Morgan fingerprint density at radius 2 is 2.15 bits per heavy atom. The van der Waals surface area contributed by atoms with Crippen LogP contribution in [0.2, 0.25) is 0 Å². The van der Waals surface area contributed by atoms with Crippen LogP contribution < -0.4 is 10.1 Å². The van der Waals surface area contributed by atoms with Gasteiger partial charge in [0.2, 0.25) is 0 Å². The largest absolute Gasteiger partial charge is 0.493 e. The average molecular weight is 298 g/mol. The number of piperidine rings is 1. The molecule has 1 aromatic carbocycles. The molecule has 1 heterocycles. The van der Waals surface area contributed by atoms with Gasteiger partial charge in [0.25, 0.3) is 0 Å². The Balaban J connectivity index is 0.00000200. The van der Waals surface area contributed by atoms with E-state index in [-0.39, 0.29) is 12.4 Å². The van der Waals surface area contributed by atoms with Crippen LogP contribution in [0, 0.1) is 12.8 Å². The lowest BCUT2D eigenvalue weighted by Gasteiger charge is -2.23. The molecule has 0 amide bonds. The molecule has 1 aromatic rings. The van der Waals surface area contributed by atoms with Crippen molar-refractivity contribution in [3.8, 4) is 5.75 Å². The Morgan fingerprint density at radius 3 is 2.80 bits per heavy atom. The predicted molar refractivity (Wildman–Crippen MR) is 88.2 cm³/mol. The highest BCUT2D eigenvalue weighted by molar-refractivity contribution is 5.85. The molecule has 0 spiro atoms. The zero-order valence-electron chi connectivity index (χ0n) is 12.9. The molecule has 0 radical (unpaired) electrons. The summed E-state index contributed by atoms with van der Waals surface area (Å²) in [7, 11) is 0. The second-order valence-corrected chi connectivity index (χ2v) is 6.05. The molecule has 1 aliphatic heterocycles. The molecule has 3 heteroatoms. The third-order valence-corrected chi connectivity index (χ3v) is 3.97. The molecule has 0 aliphatic carbocycles. The highest BCUT2D eigenvalue weighted by Crippen LogP contribution is 2.28. The van der Waals surface area contributed by atoms with E-state index in [4.69, 9.17) is 4.74 Å². The van der Waals surface area contributed by atoms with E-state index in [9.17, 15) is 0 Å². The van der Waals surface area contributed by atoms with Crippen LogP contribution in [-0.4, -0.2) is 19.7 Å². The number of benzene rings is 1. The smallest absolute Gasteiger partial charge is 0.122 e. The molecule has 0 aromatic heterocycles. The lowest BCUT2D eigenvalue weighted by molar-refractivity contribution is 0.252. The third-order valence-electron chi connectivity index (χ3n) is 3.97. The Morgan fingerprint density at radius 1 is 1.35 bits per heavy atom. The monoisotopic (exact) mass is 297 g/mol. The summed E-state index contributed by atoms with van der Waals surface area (Å²) in [6.45, 7) is 9.77. The summed E-state index contributed by atoms with van der Waals surface area (Å²) in [5, 5.41) is 3.47. The van der Waals surface area contributed by atoms with Gasteiger partial charge in [0.15, 0.2) is 0 Å². The van der Waals surface area contributed by atoms with Crippen LogP contribution in [-0.2, 0) is 0 Å². The summed E-state index contributed by atoms with van der Waals surface area (Å²) in [6, 6.07) is 6.55. The van der Waals surface area contributed by atoms with Gasteiger partial charge in [-0.3, -0.25) is 0 Å². The molecule has 1 aliphatic rings. The molecule has 0 bridgehead atoms. The van der Waals surface area contributed by atoms with Crippen LogP contribution in [0.4, 0.5) is 0 Å². The zero-order valence-corrected chi connectivity index (χ0v) is 13.8. The van der Waals surface area contributed by atoms with Crippen LogP contribution in [0.25, 0.3) is 0 Å². The van der Waals surface area contributed by atoms with Gasteiger partial charge in [-0.25, -0.2) is 0 Å². The Kier molecular flexibility index (Phi) is 7.39. The molecule has 2 rings (SSSR count). The van der Waals surface area contributed by atoms with Crippen LogP contribution >= 0.6 is 12.4 Å². The van der Waals surface area contributed by atoms with E-state index in [2.05, 4.69) is 44.3 Å². The van der Waals surface area contributed by atoms with E-state index < -0.39 is 0 Å². The maximum absolute atomic E-state index is 6.05. The van der Waals surface area contributed by atoms with Crippen molar-refractivity contribution in [3.63, 3.8) is 0 Å². The van der Waals surface area contributed by atoms with Gasteiger partial charge < -0.3 is 10.1 Å². The number of aryl methyl sites for hydroxylation is 1. The summed E-state index contributed by atoms with van der Waals surface area (Å²) in [5.74, 6) is 2.40.